The van der Waals surface area contributed by atoms with Gasteiger partial charge in [0, 0.05) is 12.4 Å². The third kappa shape index (κ3) is 3.69. The van der Waals surface area contributed by atoms with Gasteiger partial charge in [0.05, 0.1) is 12.2 Å². The molecule has 1 heterocycles. The molecule has 0 radical (unpaired) electrons. The molecule has 0 spiro atoms. The highest BCUT2D eigenvalue weighted by molar-refractivity contribution is 6.21. The van der Waals surface area contributed by atoms with Crippen LogP contribution in [0.3, 0.4) is 0 Å². The van der Waals surface area contributed by atoms with Gasteiger partial charge in [-0.3, -0.25) is 4.98 Å². The second kappa shape index (κ2) is 6.70. The maximum absolute atomic E-state index is 11.6. The molecule has 2 rings (SSSR count). The van der Waals surface area contributed by atoms with Crippen molar-refractivity contribution in [1.29, 1.82) is 0 Å². The predicted octanol–water partition coefficient (Wildman–Crippen LogP) is 3.41. The van der Waals surface area contributed by atoms with E-state index in [2.05, 4.69) is 4.98 Å². The van der Waals surface area contributed by atoms with Gasteiger partial charge in [-0.2, -0.15) is 0 Å². The van der Waals surface area contributed by atoms with Crippen LogP contribution in [-0.2, 0) is 4.79 Å². The summed E-state index contributed by atoms with van der Waals surface area (Å²) in [5.41, 5.74) is 2.60. The Hall–Kier alpha value is -2.62. The zero-order chi connectivity index (χ0) is 15.2. The first-order valence-corrected chi connectivity index (χ1v) is 6.70. The number of aromatic nitrogens is 1. The quantitative estimate of drug-likeness (QED) is 0.854. The van der Waals surface area contributed by atoms with Gasteiger partial charge in [0.15, 0.2) is 0 Å². The molecule has 0 unspecified atom stereocenters. The number of carboxylic acid groups (broad SMARTS) is 1. The van der Waals surface area contributed by atoms with Crippen LogP contribution in [-0.4, -0.2) is 22.7 Å². The van der Waals surface area contributed by atoms with E-state index in [4.69, 9.17) is 4.74 Å². The standard InChI is InChI=1S/C17H17NO3/c1-3-21-14-4-5-15(12(2)10-14)16(17(19)20)11-13-6-8-18-9-7-13/h4-11H,3H2,1-2H3,(H,19,20)/b16-11-. The molecule has 1 N–H and O–H groups in total. The Bertz CT molecular complexity index is 663. The summed E-state index contributed by atoms with van der Waals surface area (Å²) in [5, 5.41) is 9.47. The van der Waals surface area contributed by atoms with E-state index in [0.717, 1.165) is 16.9 Å². The summed E-state index contributed by atoms with van der Waals surface area (Å²) in [7, 11) is 0. The van der Waals surface area contributed by atoms with Crippen molar-refractivity contribution in [3.05, 3.63) is 59.4 Å². The van der Waals surface area contributed by atoms with Crippen molar-refractivity contribution in [2.45, 2.75) is 13.8 Å². The summed E-state index contributed by atoms with van der Waals surface area (Å²) in [6.45, 7) is 4.37. The van der Waals surface area contributed by atoms with E-state index in [-0.39, 0.29) is 5.57 Å². The number of hydrogen-bond donors (Lipinski definition) is 1. The van der Waals surface area contributed by atoms with E-state index in [1.807, 2.05) is 19.9 Å². The van der Waals surface area contributed by atoms with Crippen molar-refractivity contribution < 1.29 is 14.6 Å². The number of nitrogens with zero attached hydrogens (tertiary/aromatic N) is 1. The summed E-state index contributed by atoms with van der Waals surface area (Å²) in [5.74, 6) is -0.216. The predicted molar refractivity (Wildman–Crippen MR) is 82.1 cm³/mol. The number of aliphatic carboxylic acids is 1. The molecule has 0 saturated carbocycles. The molecule has 108 valence electrons. The number of carboxylic acids is 1. The fraction of sp³-hybridized carbons (Fsp3) is 0.176. The fourth-order valence-corrected chi connectivity index (χ4v) is 2.08. The van der Waals surface area contributed by atoms with E-state index in [0.29, 0.717) is 12.2 Å². The van der Waals surface area contributed by atoms with Gasteiger partial charge in [0.1, 0.15) is 5.75 Å². The van der Waals surface area contributed by atoms with E-state index in [1.165, 1.54) is 0 Å². The summed E-state index contributed by atoms with van der Waals surface area (Å²) in [6.07, 6.45) is 4.92. The Kier molecular flexibility index (Phi) is 4.72. The third-order valence-electron chi connectivity index (χ3n) is 3.05. The van der Waals surface area contributed by atoms with E-state index < -0.39 is 5.97 Å². The van der Waals surface area contributed by atoms with E-state index in [9.17, 15) is 9.90 Å². The van der Waals surface area contributed by atoms with Crippen molar-refractivity contribution in [2.75, 3.05) is 6.61 Å². The lowest BCUT2D eigenvalue weighted by Gasteiger charge is -2.10. The molecule has 0 aliphatic carbocycles. The van der Waals surface area contributed by atoms with Gasteiger partial charge in [-0.1, -0.05) is 6.07 Å². The number of pyridine rings is 1. The molecular formula is C17H17NO3. The fourth-order valence-electron chi connectivity index (χ4n) is 2.08. The number of rotatable bonds is 5. The minimum absolute atomic E-state index is 0.252. The van der Waals surface area contributed by atoms with Crippen molar-refractivity contribution in [1.82, 2.24) is 4.98 Å². The smallest absolute Gasteiger partial charge is 0.336 e. The van der Waals surface area contributed by atoms with Crippen LogP contribution in [0.1, 0.15) is 23.6 Å². The van der Waals surface area contributed by atoms with Gasteiger partial charge in [-0.15, -0.1) is 0 Å². The molecule has 0 saturated heterocycles. The highest BCUT2D eigenvalue weighted by Crippen LogP contribution is 2.25. The van der Waals surface area contributed by atoms with Gasteiger partial charge in [-0.25, -0.2) is 4.79 Å². The molecule has 0 atom stereocenters. The Morgan fingerprint density at radius 2 is 2.00 bits per heavy atom. The highest BCUT2D eigenvalue weighted by atomic mass is 16.5. The van der Waals surface area contributed by atoms with Crippen LogP contribution in [0.25, 0.3) is 11.6 Å². The molecule has 4 nitrogen and oxygen atoms in total. The largest absolute Gasteiger partial charge is 0.494 e. The molecule has 0 aliphatic rings. The Balaban J connectivity index is 2.44. The second-order valence-electron chi connectivity index (χ2n) is 4.55. The van der Waals surface area contributed by atoms with Gasteiger partial charge < -0.3 is 9.84 Å². The molecular weight excluding hydrogens is 266 g/mol. The molecule has 0 fully saturated rings. The molecule has 1 aromatic heterocycles. The average Bonchev–Trinajstić information content (AvgIpc) is 2.47. The minimum atomic E-state index is -0.959. The van der Waals surface area contributed by atoms with Crippen LogP contribution in [0, 0.1) is 6.92 Å². The number of ether oxygens (including phenoxy) is 1. The number of hydrogen-bond acceptors (Lipinski definition) is 3. The summed E-state index contributed by atoms with van der Waals surface area (Å²) in [4.78, 5) is 15.5. The Morgan fingerprint density at radius 1 is 1.29 bits per heavy atom. The number of aryl methyl sites for hydroxylation is 1. The summed E-state index contributed by atoms with van der Waals surface area (Å²) >= 11 is 0. The summed E-state index contributed by atoms with van der Waals surface area (Å²) in [6, 6.07) is 8.96. The summed E-state index contributed by atoms with van der Waals surface area (Å²) < 4.78 is 5.43. The van der Waals surface area contributed by atoms with Crippen LogP contribution in [0.5, 0.6) is 5.75 Å². The van der Waals surface area contributed by atoms with Crippen molar-refractivity contribution >= 4 is 17.6 Å². The van der Waals surface area contributed by atoms with Crippen LogP contribution < -0.4 is 4.74 Å². The molecule has 1 aromatic carbocycles. The lowest BCUT2D eigenvalue weighted by atomic mass is 9.98. The molecule has 21 heavy (non-hydrogen) atoms. The first-order chi connectivity index (χ1) is 10.1. The van der Waals surface area contributed by atoms with E-state index >= 15 is 0 Å². The molecule has 0 amide bonds. The Morgan fingerprint density at radius 3 is 2.57 bits per heavy atom. The van der Waals surface area contributed by atoms with Crippen molar-refractivity contribution in [3.63, 3.8) is 0 Å². The monoisotopic (exact) mass is 283 g/mol. The zero-order valence-electron chi connectivity index (χ0n) is 12.0. The third-order valence-corrected chi connectivity index (χ3v) is 3.05. The number of benzene rings is 1. The molecule has 2 aromatic rings. The van der Waals surface area contributed by atoms with Crippen LogP contribution >= 0.6 is 0 Å². The maximum Gasteiger partial charge on any atom is 0.336 e. The van der Waals surface area contributed by atoms with Crippen molar-refractivity contribution in [2.24, 2.45) is 0 Å². The second-order valence-corrected chi connectivity index (χ2v) is 4.55. The molecule has 0 bridgehead atoms. The lowest BCUT2D eigenvalue weighted by molar-refractivity contribution is -0.130. The van der Waals surface area contributed by atoms with E-state index in [1.54, 1.807) is 42.7 Å². The first kappa shape index (κ1) is 14.8. The Labute approximate surface area is 123 Å². The minimum Gasteiger partial charge on any atom is -0.494 e. The molecule has 0 aliphatic heterocycles. The normalized spacial score (nSPS) is 11.2. The number of carbonyl (C=O) groups is 1. The highest BCUT2D eigenvalue weighted by Gasteiger charge is 2.13. The lowest BCUT2D eigenvalue weighted by Crippen LogP contribution is -2.02. The SMILES string of the molecule is CCOc1ccc(/C(=C/c2ccncc2)C(=O)O)c(C)c1. The van der Waals surface area contributed by atoms with Crippen LogP contribution in [0.4, 0.5) is 0 Å². The van der Waals surface area contributed by atoms with Gasteiger partial charge in [0.25, 0.3) is 0 Å². The average molecular weight is 283 g/mol. The van der Waals surface area contributed by atoms with Gasteiger partial charge in [0.2, 0.25) is 0 Å². The van der Waals surface area contributed by atoms with Gasteiger partial charge >= 0.3 is 5.97 Å². The zero-order valence-corrected chi connectivity index (χ0v) is 12.0. The van der Waals surface area contributed by atoms with Crippen molar-refractivity contribution in [3.8, 4) is 5.75 Å². The maximum atomic E-state index is 11.6. The molecule has 4 heteroatoms. The van der Waals surface area contributed by atoms with Crippen LogP contribution in [0.2, 0.25) is 0 Å². The first-order valence-electron chi connectivity index (χ1n) is 6.70. The topological polar surface area (TPSA) is 59.4 Å². The van der Waals surface area contributed by atoms with Gasteiger partial charge in [-0.05, 0) is 60.9 Å². The van der Waals surface area contributed by atoms with Crippen LogP contribution in [0.15, 0.2) is 42.7 Å².